The Morgan fingerprint density at radius 3 is 1.88 bits per heavy atom. The highest BCUT2D eigenvalue weighted by Crippen LogP contribution is 2.11. The van der Waals surface area contributed by atoms with Crippen molar-refractivity contribution in [1.29, 1.82) is 0 Å². The molecule has 0 N–H and O–H groups in total. The average molecular weight is 345 g/mol. The Labute approximate surface area is 151 Å². The number of aromatic nitrogens is 4. The van der Waals surface area contributed by atoms with Gasteiger partial charge in [0.1, 0.15) is 0 Å². The van der Waals surface area contributed by atoms with E-state index in [1.165, 1.54) is 11.4 Å². The Kier molecular flexibility index (Phi) is 5.59. The van der Waals surface area contributed by atoms with Gasteiger partial charge in [-0.05, 0) is 46.8 Å². The lowest BCUT2D eigenvalue weighted by atomic mass is 10.2. The second-order valence-corrected chi connectivity index (χ2v) is 7.49. The lowest BCUT2D eigenvalue weighted by molar-refractivity contribution is 0.0768. The molecule has 1 aliphatic heterocycles. The molecule has 0 aromatic carbocycles. The van der Waals surface area contributed by atoms with Crippen LogP contribution >= 0.6 is 0 Å². The predicted octanol–water partition coefficient (Wildman–Crippen LogP) is 2.02. The summed E-state index contributed by atoms with van der Waals surface area (Å²) in [6.07, 6.45) is 0. The van der Waals surface area contributed by atoms with Crippen LogP contribution in [0.15, 0.2) is 12.1 Å². The molecule has 0 spiro atoms. The van der Waals surface area contributed by atoms with Crippen molar-refractivity contribution in [2.24, 2.45) is 0 Å². The number of hydrogen-bond donors (Lipinski definition) is 0. The summed E-state index contributed by atoms with van der Waals surface area (Å²) in [4.78, 5) is 5.16. The van der Waals surface area contributed by atoms with Gasteiger partial charge in [-0.2, -0.15) is 10.2 Å². The zero-order chi connectivity index (χ0) is 18.0. The number of piperazine rings is 1. The van der Waals surface area contributed by atoms with Crippen LogP contribution in [0.4, 0.5) is 0 Å². The van der Waals surface area contributed by atoms with Crippen molar-refractivity contribution in [3.8, 4) is 0 Å². The molecular formula is C19H32N6. The first kappa shape index (κ1) is 18.1. The molecule has 6 nitrogen and oxygen atoms in total. The first-order valence-electron chi connectivity index (χ1n) is 9.41. The van der Waals surface area contributed by atoms with E-state index < -0.39 is 0 Å². The largest absolute Gasteiger partial charge is 0.299 e. The molecule has 3 heterocycles. The third-order valence-electron chi connectivity index (χ3n) is 5.28. The van der Waals surface area contributed by atoms with Crippen molar-refractivity contribution in [2.45, 2.75) is 53.8 Å². The number of rotatable bonds is 6. The third kappa shape index (κ3) is 4.50. The molecule has 138 valence electrons. The van der Waals surface area contributed by atoms with Crippen LogP contribution in [0.2, 0.25) is 0 Å². The van der Waals surface area contributed by atoms with Gasteiger partial charge >= 0.3 is 0 Å². The standard InChI is InChI=1S/C19H32N6/c1-15-12-17(3)24(20-15)10-7-22-6-8-23(19(5)14-22)9-11-25-18(4)13-16(2)21-25/h12-13,19H,6-11,14H2,1-5H3/t19-/m1/s1. The summed E-state index contributed by atoms with van der Waals surface area (Å²) in [6.45, 7) is 18.3. The molecule has 6 heteroatoms. The zero-order valence-electron chi connectivity index (χ0n) is 16.4. The van der Waals surface area contributed by atoms with E-state index in [4.69, 9.17) is 0 Å². The summed E-state index contributed by atoms with van der Waals surface area (Å²) in [5.41, 5.74) is 4.74. The Hall–Kier alpha value is -1.66. The fourth-order valence-electron chi connectivity index (χ4n) is 3.87. The van der Waals surface area contributed by atoms with Crippen LogP contribution in [0.5, 0.6) is 0 Å². The van der Waals surface area contributed by atoms with E-state index in [1.807, 2.05) is 0 Å². The Balaban J connectivity index is 1.45. The van der Waals surface area contributed by atoms with E-state index in [9.17, 15) is 0 Å². The van der Waals surface area contributed by atoms with E-state index in [2.05, 4.69) is 76.1 Å². The van der Waals surface area contributed by atoms with Crippen molar-refractivity contribution < 1.29 is 0 Å². The fourth-order valence-corrected chi connectivity index (χ4v) is 3.87. The minimum atomic E-state index is 0.589. The molecule has 0 amide bonds. The molecule has 1 fully saturated rings. The quantitative estimate of drug-likeness (QED) is 0.804. The van der Waals surface area contributed by atoms with Crippen LogP contribution in [-0.2, 0) is 13.1 Å². The van der Waals surface area contributed by atoms with Crippen LogP contribution in [-0.4, -0.2) is 68.1 Å². The molecule has 2 aromatic rings. The first-order valence-corrected chi connectivity index (χ1v) is 9.41. The molecular weight excluding hydrogens is 312 g/mol. The van der Waals surface area contributed by atoms with Gasteiger partial charge in [-0.1, -0.05) is 0 Å². The molecule has 0 unspecified atom stereocenters. The van der Waals surface area contributed by atoms with Crippen molar-refractivity contribution >= 4 is 0 Å². The highest BCUT2D eigenvalue weighted by molar-refractivity contribution is 5.07. The Bertz CT molecular complexity index is 701. The SMILES string of the molecule is Cc1cc(C)n(CCN2CCN(CCn3nc(C)cc3C)[C@H](C)C2)n1. The summed E-state index contributed by atoms with van der Waals surface area (Å²) in [6, 6.07) is 4.89. The fraction of sp³-hybridized carbons (Fsp3) is 0.684. The summed E-state index contributed by atoms with van der Waals surface area (Å²) in [7, 11) is 0. The topological polar surface area (TPSA) is 42.1 Å². The van der Waals surface area contributed by atoms with E-state index in [0.717, 1.165) is 57.2 Å². The van der Waals surface area contributed by atoms with Crippen molar-refractivity contribution in [2.75, 3.05) is 32.7 Å². The van der Waals surface area contributed by atoms with Crippen LogP contribution in [0.1, 0.15) is 29.7 Å². The highest BCUT2D eigenvalue weighted by atomic mass is 15.3. The minimum absolute atomic E-state index is 0.589. The van der Waals surface area contributed by atoms with Gasteiger partial charge in [0.15, 0.2) is 0 Å². The summed E-state index contributed by atoms with van der Waals surface area (Å²) < 4.78 is 4.27. The molecule has 1 atom stereocenters. The molecule has 1 saturated heterocycles. The van der Waals surface area contributed by atoms with Gasteiger partial charge in [0.2, 0.25) is 0 Å². The number of aryl methyl sites for hydroxylation is 4. The molecule has 0 aliphatic carbocycles. The molecule has 0 bridgehead atoms. The van der Waals surface area contributed by atoms with E-state index in [1.54, 1.807) is 0 Å². The Morgan fingerprint density at radius 2 is 1.40 bits per heavy atom. The molecule has 2 aromatic heterocycles. The van der Waals surface area contributed by atoms with Crippen LogP contribution < -0.4 is 0 Å². The average Bonchev–Trinajstić information content (AvgIpc) is 3.04. The van der Waals surface area contributed by atoms with E-state index >= 15 is 0 Å². The van der Waals surface area contributed by atoms with Gasteiger partial charge in [-0.3, -0.25) is 19.2 Å². The molecule has 1 aliphatic rings. The molecule has 3 rings (SSSR count). The van der Waals surface area contributed by atoms with Crippen molar-refractivity contribution in [1.82, 2.24) is 29.4 Å². The van der Waals surface area contributed by atoms with Crippen molar-refractivity contribution in [3.63, 3.8) is 0 Å². The molecule has 0 radical (unpaired) electrons. The Morgan fingerprint density at radius 1 is 0.840 bits per heavy atom. The lowest BCUT2D eigenvalue weighted by Gasteiger charge is -2.40. The maximum Gasteiger partial charge on any atom is 0.0596 e. The maximum atomic E-state index is 4.58. The monoisotopic (exact) mass is 344 g/mol. The van der Waals surface area contributed by atoms with Gasteiger partial charge in [0.05, 0.1) is 24.5 Å². The van der Waals surface area contributed by atoms with Crippen LogP contribution in [0.25, 0.3) is 0 Å². The van der Waals surface area contributed by atoms with E-state index in [-0.39, 0.29) is 0 Å². The maximum absolute atomic E-state index is 4.58. The first-order chi connectivity index (χ1) is 11.9. The van der Waals surface area contributed by atoms with Crippen molar-refractivity contribution in [3.05, 3.63) is 34.9 Å². The van der Waals surface area contributed by atoms with Gasteiger partial charge in [0, 0.05) is 50.2 Å². The second kappa shape index (κ2) is 7.70. The summed E-state index contributed by atoms with van der Waals surface area (Å²) in [5.74, 6) is 0. The highest BCUT2D eigenvalue weighted by Gasteiger charge is 2.23. The molecule has 25 heavy (non-hydrogen) atoms. The number of nitrogens with zero attached hydrogens (tertiary/aromatic N) is 6. The minimum Gasteiger partial charge on any atom is -0.299 e. The molecule has 0 saturated carbocycles. The van der Waals surface area contributed by atoms with Gasteiger partial charge in [-0.15, -0.1) is 0 Å². The zero-order valence-corrected chi connectivity index (χ0v) is 16.4. The van der Waals surface area contributed by atoms with Gasteiger partial charge in [-0.25, -0.2) is 0 Å². The van der Waals surface area contributed by atoms with Crippen LogP contribution in [0.3, 0.4) is 0 Å². The van der Waals surface area contributed by atoms with Gasteiger partial charge < -0.3 is 0 Å². The van der Waals surface area contributed by atoms with Crippen LogP contribution in [0, 0.1) is 27.7 Å². The lowest BCUT2D eigenvalue weighted by Crippen LogP contribution is -2.53. The van der Waals surface area contributed by atoms with E-state index in [0.29, 0.717) is 6.04 Å². The summed E-state index contributed by atoms with van der Waals surface area (Å²) >= 11 is 0. The van der Waals surface area contributed by atoms with Gasteiger partial charge in [0.25, 0.3) is 0 Å². The predicted molar refractivity (Wildman–Crippen MR) is 101 cm³/mol. The third-order valence-corrected chi connectivity index (χ3v) is 5.28. The normalized spacial score (nSPS) is 19.6. The summed E-state index contributed by atoms with van der Waals surface area (Å²) in [5, 5.41) is 9.15. The second-order valence-electron chi connectivity index (χ2n) is 7.49. The smallest absolute Gasteiger partial charge is 0.0596 e. The number of hydrogen-bond acceptors (Lipinski definition) is 4.